The molecule has 1 aliphatic heterocycles. The lowest BCUT2D eigenvalue weighted by molar-refractivity contribution is -0.139. The second-order valence-corrected chi connectivity index (χ2v) is 6.70. The Morgan fingerprint density at radius 2 is 1.86 bits per heavy atom. The Hall–Kier alpha value is -3.32. The van der Waals surface area contributed by atoms with Gasteiger partial charge in [0.15, 0.2) is 0 Å². The quantitative estimate of drug-likeness (QED) is 0.407. The molecule has 1 heterocycles. The van der Waals surface area contributed by atoms with Gasteiger partial charge < -0.3 is 20.7 Å². The molecule has 0 aromatic heterocycles. The monoisotopic (exact) mass is 398 g/mol. The number of nitrogens with two attached hydrogens (primary N) is 1. The molecule has 1 unspecified atom stereocenters. The van der Waals surface area contributed by atoms with Gasteiger partial charge in [-0.05, 0) is 23.3 Å². The number of esters is 1. The second kappa shape index (κ2) is 8.14. The molecule has 0 aliphatic carbocycles. The van der Waals surface area contributed by atoms with Gasteiger partial charge in [0.1, 0.15) is 17.6 Å². The molecule has 1 aliphatic rings. The number of amidine groups is 1. The second-order valence-electron chi connectivity index (χ2n) is 6.26. The molecule has 144 valence electrons. The first-order chi connectivity index (χ1) is 13.4. The molecule has 0 fully saturated rings. The summed E-state index contributed by atoms with van der Waals surface area (Å²) in [5, 5.41) is 10.6. The van der Waals surface area contributed by atoms with Crippen LogP contribution in [0.2, 0.25) is 5.02 Å². The van der Waals surface area contributed by atoms with Crippen molar-refractivity contribution in [2.24, 2.45) is 5.73 Å². The minimum atomic E-state index is -0.641. The number of nitrogen functional groups attached to an aromatic ring is 1. The molecule has 1 atom stereocenters. The van der Waals surface area contributed by atoms with Gasteiger partial charge in [0.2, 0.25) is 0 Å². The zero-order valence-corrected chi connectivity index (χ0v) is 15.9. The largest absolute Gasteiger partial charge is 0.464 e. The molecule has 0 saturated heterocycles. The Bertz CT molecular complexity index is 939. The van der Waals surface area contributed by atoms with Crippen molar-refractivity contribution in [3.05, 3.63) is 82.1 Å². The summed E-state index contributed by atoms with van der Waals surface area (Å²) in [7, 11) is 1.26. The molecule has 1 amide bonds. The Morgan fingerprint density at radius 1 is 1.21 bits per heavy atom. The van der Waals surface area contributed by atoms with Crippen LogP contribution in [-0.4, -0.2) is 29.7 Å². The van der Waals surface area contributed by atoms with Gasteiger partial charge in [0, 0.05) is 23.3 Å². The summed E-state index contributed by atoms with van der Waals surface area (Å²) in [5.41, 5.74) is 7.80. The summed E-state index contributed by atoms with van der Waals surface area (Å²) in [4.78, 5) is 26.5. The molecule has 0 spiro atoms. The summed E-state index contributed by atoms with van der Waals surface area (Å²) in [5.74, 6) is -0.985. The number of carbonyl (C=O) groups excluding carboxylic acids is 2. The topological polar surface area (TPSA) is 109 Å². The first kappa shape index (κ1) is 19.4. The van der Waals surface area contributed by atoms with E-state index in [0.29, 0.717) is 17.1 Å². The van der Waals surface area contributed by atoms with Crippen molar-refractivity contribution in [2.45, 2.75) is 12.6 Å². The Kier molecular flexibility index (Phi) is 5.65. The maximum Gasteiger partial charge on any atom is 0.356 e. The molecule has 8 heteroatoms. The molecular formula is C20H19ClN4O3. The van der Waals surface area contributed by atoms with E-state index < -0.39 is 12.0 Å². The van der Waals surface area contributed by atoms with Crippen molar-refractivity contribution in [1.29, 1.82) is 5.41 Å². The average Bonchev–Trinajstić information content (AvgIpc) is 2.68. The van der Waals surface area contributed by atoms with Crippen LogP contribution in [0.25, 0.3) is 0 Å². The van der Waals surface area contributed by atoms with Gasteiger partial charge in [-0.2, -0.15) is 0 Å². The lowest BCUT2D eigenvalue weighted by atomic mass is 10.0. The lowest BCUT2D eigenvalue weighted by Gasteiger charge is -2.34. The van der Waals surface area contributed by atoms with E-state index in [1.807, 2.05) is 12.1 Å². The third-order valence-corrected chi connectivity index (χ3v) is 4.61. The number of hydrogen-bond donors (Lipinski definition) is 3. The van der Waals surface area contributed by atoms with Gasteiger partial charge in [-0.3, -0.25) is 10.2 Å². The van der Waals surface area contributed by atoms with Crippen molar-refractivity contribution in [3.8, 4) is 0 Å². The molecule has 28 heavy (non-hydrogen) atoms. The molecule has 0 radical (unpaired) electrons. The van der Waals surface area contributed by atoms with Gasteiger partial charge >= 0.3 is 5.97 Å². The Morgan fingerprint density at radius 3 is 2.43 bits per heavy atom. The normalized spacial score (nSPS) is 16.2. The minimum Gasteiger partial charge on any atom is -0.464 e. The van der Waals surface area contributed by atoms with E-state index in [1.165, 1.54) is 7.11 Å². The fourth-order valence-electron chi connectivity index (χ4n) is 2.96. The number of nitrogens with zero attached hydrogens (tertiary/aromatic N) is 1. The van der Waals surface area contributed by atoms with Crippen LogP contribution in [0.15, 0.2) is 60.4 Å². The van der Waals surface area contributed by atoms with E-state index in [9.17, 15) is 9.59 Å². The van der Waals surface area contributed by atoms with E-state index in [4.69, 9.17) is 27.5 Å². The third kappa shape index (κ3) is 4.15. The van der Waals surface area contributed by atoms with Crippen LogP contribution >= 0.6 is 11.6 Å². The molecular weight excluding hydrogens is 380 g/mol. The van der Waals surface area contributed by atoms with E-state index in [0.717, 1.165) is 11.1 Å². The van der Waals surface area contributed by atoms with Crippen LogP contribution in [0.1, 0.15) is 22.7 Å². The van der Waals surface area contributed by atoms with Gasteiger partial charge in [0.05, 0.1) is 7.11 Å². The maximum atomic E-state index is 12.8. The first-order valence-corrected chi connectivity index (χ1v) is 8.82. The molecule has 2 aromatic rings. The third-order valence-electron chi connectivity index (χ3n) is 4.35. The van der Waals surface area contributed by atoms with Crippen molar-refractivity contribution >= 4 is 29.3 Å². The molecule has 2 aromatic carbocycles. The van der Waals surface area contributed by atoms with Crippen LogP contribution in [0, 0.1) is 5.41 Å². The summed E-state index contributed by atoms with van der Waals surface area (Å²) in [6.07, 6.45) is 1.57. The van der Waals surface area contributed by atoms with Crippen LogP contribution in [0.4, 0.5) is 0 Å². The molecule has 0 saturated carbocycles. The number of benzene rings is 2. The zero-order valence-electron chi connectivity index (χ0n) is 15.1. The highest BCUT2D eigenvalue weighted by Crippen LogP contribution is 2.28. The lowest BCUT2D eigenvalue weighted by Crippen LogP contribution is -2.44. The SMILES string of the molecule is COC(=O)C1=CN(Cc2ccc(C(=N)N)cc2)C(c2ccc(Cl)cc2)C(=O)N1. The highest BCUT2D eigenvalue weighted by Gasteiger charge is 2.33. The number of ether oxygens (including phenoxy) is 1. The zero-order chi connectivity index (χ0) is 20.3. The summed E-state index contributed by atoms with van der Waals surface area (Å²) < 4.78 is 4.73. The average molecular weight is 399 g/mol. The molecule has 0 bridgehead atoms. The van der Waals surface area contributed by atoms with Gasteiger partial charge in [0.25, 0.3) is 5.91 Å². The van der Waals surface area contributed by atoms with Crippen molar-refractivity contribution in [1.82, 2.24) is 10.2 Å². The molecule has 7 nitrogen and oxygen atoms in total. The van der Waals surface area contributed by atoms with Crippen molar-refractivity contribution in [2.75, 3.05) is 7.11 Å². The standard InChI is InChI=1S/C20H19ClN4O3/c1-28-20(27)16-11-25(10-12-2-4-14(5-3-12)18(22)23)17(19(26)24-16)13-6-8-15(21)9-7-13/h2-9,11,17H,10H2,1H3,(H3,22,23)(H,24,26). The predicted molar refractivity (Wildman–Crippen MR) is 105 cm³/mol. The van der Waals surface area contributed by atoms with Crippen LogP contribution in [0.3, 0.4) is 0 Å². The number of methoxy groups -OCH3 is 1. The number of carbonyl (C=O) groups is 2. The summed E-state index contributed by atoms with van der Waals surface area (Å²) >= 11 is 5.96. The molecule has 4 N–H and O–H groups in total. The van der Waals surface area contributed by atoms with E-state index in [2.05, 4.69) is 5.32 Å². The highest BCUT2D eigenvalue weighted by molar-refractivity contribution is 6.30. The predicted octanol–water partition coefficient (Wildman–Crippen LogP) is 2.31. The summed E-state index contributed by atoms with van der Waals surface area (Å²) in [6, 6.07) is 13.5. The van der Waals surface area contributed by atoms with Crippen molar-refractivity contribution < 1.29 is 14.3 Å². The van der Waals surface area contributed by atoms with E-state index in [-0.39, 0.29) is 17.4 Å². The van der Waals surface area contributed by atoms with Crippen LogP contribution < -0.4 is 11.1 Å². The van der Waals surface area contributed by atoms with Crippen LogP contribution in [-0.2, 0) is 20.9 Å². The fraction of sp³-hybridized carbons (Fsp3) is 0.150. The first-order valence-electron chi connectivity index (χ1n) is 8.44. The maximum absolute atomic E-state index is 12.8. The van der Waals surface area contributed by atoms with Crippen LogP contribution in [0.5, 0.6) is 0 Å². The number of nitrogens with one attached hydrogen (secondary N) is 2. The van der Waals surface area contributed by atoms with E-state index in [1.54, 1.807) is 47.5 Å². The Balaban J connectivity index is 1.96. The number of halogens is 1. The smallest absolute Gasteiger partial charge is 0.356 e. The number of rotatable bonds is 5. The minimum absolute atomic E-state index is 0.0178. The van der Waals surface area contributed by atoms with Gasteiger partial charge in [-0.1, -0.05) is 48.0 Å². The Labute approximate surface area is 167 Å². The number of hydrogen-bond acceptors (Lipinski definition) is 5. The fourth-order valence-corrected chi connectivity index (χ4v) is 3.09. The highest BCUT2D eigenvalue weighted by atomic mass is 35.5. The molecule has 3 rings (SSSR count). The van der Waals surface area contributed by atoms with Gasteiger partial charge in [-0.25, -0.2) is 4.79 Å². The number of amides is 1. The van der Waals surface area contributed by atoms with E-state index >= 15 is 0 Å². The van der Waals surface area contributed by atoms with Gasteiger partial charge in [-0.15, -0.1) is 0 Å². The van der Waals surface area contributed by atoms with Crippen molar-refractivity contribution in [3.63, 3.8) is 0 Å². The summed E-state index contributed by atoms with van der Waals surface area (Å²) in [6.45, 7) is 0.361.